The van der Waals surface area contributed by atoms with Gasteiger partial charge in [0.2, 0.25) is 11.9 Å². The molecule has 2 saturated heterocycles. The number of nitrogens with one attached hydrogen (secondary N) is 6. The van der Waals surface area contributed by atoms with Crippen LogP contribution >= 0.6 is 11.8 Å². The molecule has 8 N–H and O–H groups in total. The number of rotatable bonds is 26. The highest BCUT2D eigenvalue weighted by atomic mass is 32.2. The molecule has 2 aliphatic rings. The van der Waals surface area contributed by atoms with Gasteiger partial charge in [0.25, 0.3) is 11.1 Å². The molecular weight excluding hydrogens is 1110 g/mol. The highest BCUT2D eigenvalue weighted by Gasteiger charge is 2.30. The van der Waals surface area contributed by atoms with Gasteiger partial charge in [0.15, 0.2) is 22.3 Å². The average molecular weight is 1200 g/mol. The van der Waals surface area contributed by atoms with Gasteiger partial charge in [-0.15, -0.1) is 11.8 Å². The molecule has 0 aromatic carbocycles. The summed E-state index contributed by atoms with van der Waals surface area (Å²) >= 11 is 1.66. The first kappa shape index (κ1) is 68.5. The van der Waals surface area contributed by atoms with Crippen molar-refractivity contribution in [3.63, 3.8) is 0 Å². The average Bonchev–Trinajstić information content (AvgIpc) is 3.57. The van der Waals surface area contributed by atoms with Crippen LogP contribution in [-0.4, -0.2) is 161 Å². The largest absolute Gasteiger partial charge is 0.394 e. The van der Waals surface area contributed by atoms with Crippen molar-refractivity contribution in [1.82, 2.24) is 58.1 Å². The second-order valence-electron chi connectivity index (χ2n) is 21.7. The molecule has 0 radical (unpaired) electrons. The lowest BCUT2D eigenvalue weighted by atomic mass is 10.2. The predicted molar refractivity (Wildman–Crippen MR) is 325 cm³/mol. The number of anilines is 4. The zero-order valence-electron chi connectivity index (χ0n) is 51.0. The number of aromatic amines is 2. The van der Waals surface area contributed by atoms with E-state index in [-0.39, 0.29) is 133 Å². The van der Waals surface area contributed by atoms with Crippen molar-refractivity contribution in [3.8, 4) is 0 Å². The van der Waals surface area contributed by atoms with Gasteiger partial charge >= 0.3 is 11.4 Å². The van der Waals surface area contributed by atoms with Crippen LogP contribution in [0, 0.1) is 0 Å². The number of hydrogen-bond acceptors (Lipinski definition) is 23. The highest BCUT2D eigenvalue weighted by molar-refractivity contribution is 8.00. The SMILES string of the molecule is CC(C)Nc1ccn(C2CC[C@@H](COC(C)C)O2)c(=O)n1.CC(C)Nc1ccn(C2CS[C@H](COC(C)C)O2)c(=O)n1.CCC(CO)OCn1cnc2c(=O)[nH]c(NC(C)C)nc21.CCC(CO)OCn1cnc2c(=O)[nH]c(NC(C)C)nc21. The monoisotopic (exact) mass is 1200 g/mol. The molecule has 6 aromatic heterocycles. The van der Waals surface area contributed by atoms with Crippen LogP contribution in [-0.2, 0) is 41.9 Å². The van der Waals surface area contributed by atoms with Crippen molar-refractivity contribution in [2.75, 3.05) is 53.4 Å². The van der Waals surface area contributed by atoms with Crippen LogP contribution in [0.1, 0.15) is 135 Å². The summed E-state index contributed by atoms with van der Waals surface area (Å²) in [5.74, 6) is 2.72. The lowest BCUT2D eigenvalue weighted by Gasteiger charge is -2.17. The van der Waals surface area contributed by atoms with E-state index in [0.717, 1.165) is 18.6 Å². The van der Waals surface area contributed by atoms with Gasteiger partial charge in [0.1, 0.15) is 43.0 Å². The van der Waals surface area contributed by atoms with E-state index in [2.05, 4.69) is 61.1 Å². The van der Waals surface area contributed by atoms with Crippen LogP contribution in [0.2, 0.25) is 0 Å². The molecule has 0 saturated carbocycles. The molecule has 468 valence electrons. The summed E-state index contributed by atoms with van der Waals surface area (Å²) in [6.45, 7) is 29.1. The Morgan fingerprint density at radius 3 is 1.44 bits per heavy atom. The number of ether oxygens (including phenoxy) is 6. The van der Waals surface area contributed by atoms with E-state index in [1.54, 1.807) is 43.9 Å². The molecule has 0 amide bonds. The zero-order chi connectivity index (χ0) is 61.6. The Hall–Kier alpha value is -6.31. The maximum atomic E-state index is 12.1. The van der Waals surface area contributed by atoms with Gasteiger partial charge in [0.05, 0.1) is 69.6 Å². The van der Waals surface area contributed by atoms with Crippen molar-refractivity contribution in [2.45, 2.75) is 209 Å². The summed E-state index contributed by atoms with van der Waals surface area (Å²) in [5.41, 5.74) is 0.247. The van der Waals surface area contributed by atoms with Gasteiger partial charge < -0.3 is 59.9 Å². The molecule has 29 heteroatoms. The minimum atomic E-state index is -0.295. The van der Waals surface area contributed by atoms with E-state index in [4.69, 9.17) is 38.6 Å². The van der Waals surface area contributed by atoms with Crippen LogP contribution in [0.5, 0.6) is 0 Å². The number of fused-ring (bicyclic) bond motifs is 2. The Morgan fingerprint density at radius 1 is 0.595 bits per heavy atom. The Morgan fingerprint density at radius 2 is 1.04 bits per heavy atom. The first-order valence-corrected chi connectivity index (χ1v) is 29.8. The van der Waals surface area contributed by atoms with Crippen molar-refractivity contribution in [1.29, 1.82) is 0 Å². The van der Waals surface area contributed by atoms with Gasteiger partial charge in [-0.25, -0.2) is 19.6 Å². The standard InChI is InChI=1S/C15H25N3O3.C14H23N3O3S.2C13H21N5O3/c1-10(2)16-13-7-8-18(15(19)17-13)14-6-5-12(21-14)9-20-11(3)4;1-9(2)15-11-5-6-17(14(18)16-11)12-8-21-13(20-12)7-19-10(3)4;2*1-4-9(5-19)21-7-18-6-14-10-11(18)16-13(15-8(2)3)17-12(10)20/h7-8,10-12,14H,5-6,9H2,1-4H3,(H,16,17,19);5-6,9-10,12-13H,7-8H2,1-4H3,(H,15,16,18);2*6,8-9,19H,4-5,7H2,1-3H3,(H2,15,16,17,20)/t12-,14?;12?,13-;;/m01../s1. The molecule has 2 aliphatic heterocycles. The predicted octanol–water partition coefficient (Wildman–Crippen LogP) is 5.61. The van der Waals surface area contributed by atoms with Gasteiger partial charge in [-0.05, 0) is 121 Å². The van der Waals surface area contributed by atoms with Gasteiger partial charge in [-0.2, -0.15) is 19.9 Å². The molecular formula is C55H90N16O12S. The van der Waals surface area contributed by atoms with Crippen LogP contribution in [0.3, 0.4) is 0 Å². The first-order valence-electron chi connectivity index (χ1n) is 28.8. The molecule has 2 fully saturated rings. The maximum absolute atomic E-state index is 12.1. The fraction of sp³-hybridized carbons (Fsp3) is 0.673. The normalized spacial score (nSPS) is 17.6. The second kappa shape index (κ2) is 34.0. The number of nitrogens with zero attached hydrogens (tertiary/aromatic N) is 10. The smallest absolute Gasteiger partial charge is 0.351 e. The summed E-state index contributed by atoms with van der Waals surface area (Å²) in [7, 11) is 0. The fourth-order valence-electron chi connectivity index (χ4n) is 8.03. The molecule has 6 atom stereocenters. The van der Waals surface area contributed by atoms with Crippen molar-refractivity contribution in [3.05, 3.63) is 78.9 Å². The molecule has 0 bridgehead atoms. The molecule has 28 nitrogen and oxygen atoms in total. The Kier molecular flexibility index (Phi) is 27.7. The van der Waals surface area contributed by atoms with Crippen LogP contribution < -0.4 is 43.8 Å². The summed E-state index contributed by atoms with van der Waals surface area (Å²) in [6.07, 6.45) is 9.06. The van der Waals surface area contributed by atoms with E-state index in [0.29, 0.717) is 60.9 Å². The van der Waals surface area contributed by atoms with Gasteiger partial charge in [0, 0.05) is 42.3 Å². The van der Waals surface area contributed by atoms with Crippen molar-refractivity contribution < 1.29 is 38.6 Å². The number of hydrogen-bond donors (Lipinski definition) is 8. The third-order valence-corrected chi connectivity index (χ3v) is 13.3. The van der Waals surface area contributed by atoms with Crippen molar-refractivity contribution in [2.24, 2.45) is 0 Å². The molecule has 6 aromatic rings. The van der Waals surface area contributed by atoms with Gasteiger partial charge in [-0.3, -0.25) is 37.8 Å². The molecule has 0 aliphatic carbocycles. The van der Waals surface area contributed by atoms with E-state index >= 15 is 0 Å². The first-order chi connectivity index (χ1) is 40.0. The third-order valence-electron chi connectivity index (χ3n) is 12.2. The molecule has 4 unspecified atom stereocenters. The number of aliphatic hydroxyl groups is 2. The number of aromatic nitrogens is 12. The molecule has 8 rings (SSSR count). The Labute approximate surface area is 493 Å². The summed E-state index contributed by atoms with van der Waals surface area (Å²) in [6, 6.07) is 4.39. The van der Waals surface area contributed by atoms with Crippen molar-refractivity contribution >= 4 is 57.6 Å². The minimum absolute atomic E-state index is 0.0298. The number of thioether (sulfide) groups is 1. The molecule has 84 heavy (non-hydrogen) atoms. The van der Waals surface area contributed by atoms with E-state index in [9.17, 15) is 19.2 Å². The third kappa shape index (κ3) is 21.6. The summed E-state index contributed by atoms with van der Waals surface area (Å²) < 4.78 is 40.3. The quantitative estimate of drug-likeness (QED) is 0.0327. The summed E-state index contributed by atoms with van der Waals surface area (Å²) in [5, 5.41) is 30.6. The number of aliphatic hydroxyl groups excluding tert-OH is 2. The van der Waals surface area contributed by atoms with E-state index < -0.39 is 0 Å². The van der Waals surface area contributed by atoms with Crippen LogP contribution in [0.4, 0.5) is 23.5 Å². The zero-order valence-corrected chi connectivity index (χ0v) is 51.8. The number of imidazole rings is 2. The maximum Gasteiger partial charge on any atom is 0.351 e. The number of H-pyrrole nitrogens is 2. The lowest BCUT2D eigenvalue weighted by molar-refractivity contribution is -0.0551. The summed E-state index contributed by atoms with van der Waals surface area (Å²) in [4.78, 5) is 78.3. The van der Waals surface area contributed by atoms with Gasteiger partial charge in [-0.1, -0.05) is 13.8 Å². The second-order valence-corrected chi connectivity index (χ2v) is 22.9. The molecule has 8 heterocycles. The van der Waals surface area contributed by atoms with E-state index in [1.165, 1.54) is 17.2 Å². The van der Waals surface area contributed by atoms with Crippen LogP contribution in [0.25, 0.3) is 22.3 Å². The Balaban J connectivity index is 0.000000205. The highest BCUT2D eigenvalue weighted by Crippen LogP contribution is 2.31. The minimum Gasteiger partial charge on any atom is -0.394 e. The molecule has 0 spiro atoms. The van der Waals surface area contributed by atoms with E-state index in [1.807, 2.05) is 103 Å². The Bertz CT molecular complexity index is 2940. The fourth-order valence-corrected chi connectivity index (χ4v) is 9.03. The topological polar surface area (TPSA) is 341 Å². The lowest BCUT2D eigenvalue weighted by Crippen LogP contribution is -2.29. The van der Waals surface area contributed by atoms with Crippen LogP contribution in [0.15, 0.2) is 56.4 Å².